The summed E-state index contributed by atoms with van der Waals surface area (Å²) in [6.45, 7) is 20.3. The van der Waals surface area contributed by atoms with Crippen molar-refractivity contribution in [3.8, 4) is 0 Å². The maximum Gasteiger partial charge on any atom is 0.147 e. The molecule has 0 bridgehead atoms. The molecule has 0 aliphatic heterocycles. The standard InChI is InChI=1S/C60H122O6/c1-9-14-19-24-28-33-40-47-58(50-56(7)45-37-22-17-12-4)65-63-52-60(62-54-61-49-42-35-31-27-26-30-32-39-44-55(6)43-36-21-16-11-3)53-64-66-59(48-41-34-29-25-20-15-10-2)51-57(8)46-38-23-18-13-5/h55-60H,9-54H2,1-8H3. The van der Waals surface area contributed by atoms with Crippen LogP contribution < -0.4 is 0 Å². The zero-order valence-corrected chi connectivity index (χ0v) is 46.4. The van der Waals surface area contributed by atoms with Gasteiger partial charge in [-0.25, -0.2) is 19.6 Å². The van der Waals surface area contributed by atoms with Crippen LogP contribution in [0.25, 0.3) is 0 Å². The molecule has 398 valence electrons. The first-order valence-corrected chi connectivity index (χ1v) is 30.2. The molecule has 0 amide bonds. The van der Waals surface area contributed by atoms with Gasteiger partial charge in [-0.2, -0.15) is 0 Å². The first-order chi connectivity index (χ1) is 32.4. The molecule has 0 fully saturated rings. The van der Waals surface area contributed by atoms with Crippen LogP contribution in [0, 0.1) is 17.8 Å². The molecular weight excluding hydrogens is 817 g/mol. The van der Waals surface area contributed by atoms with Gasteiger partial charge in [0.05, 0.1) is 12.2 Å². The summed E-state index contributed by atoms with van der Waals surface area (Å²) in [4.78, 5) is 24.7. The molecule has 0 N–H and O–H groups in total. The molecule has 0 aromatic heterocycles. The summed E-state index contributed by atoms with van der Waals surface area (Å²) in [6.07, 6.45) is 54.4. The van der Waals surface area contributed by atoms with Gasteiger partial charge in [-0.05, 0) is 49.9 Å². The van der Waals surface area contributed by atoms with Crippen LogP contribution in [0.1, 0.15) is 325 Å². The summed E-state index contributed by atoms with van der Waals surface area (Å²) in [7, 11) is 0. The highest BCUT2D eigenvalue weighted by Crippen LogP contribution is 2.24. The van der Waals surface area contributed by atoms with Crippen LogP contribution >= 0.6 is 0 Å². The van der Waals surface area contributed by atoms with Gasteiger partial charge in [0.1, 0.15) is 26.1 Å². The summed E-state index contributed by atoms with van der Waals surface area (Å²) in [5.41, 5.74) is 0. The smallest absolute Gasteiger partial charge is 0.147 e. The quantitative estimate of drug-likeness (QED) is 0.0262. The molecule has 66 heavy (non-hydrogen) atoms. The van der Waals surface area contributed by atoms with E-state index in [-0.39, 0.29) is 25.1 Å². The number of hydrogen-bond acceptors (Lipinski definition) is 6. The van der Waals surface area contributed by atoms with Crippen molar-refractivity contribution in [2.75, 3.05) is 26.6 Å². The second-order valence-corrected chi connectivity index (χ2v) is 21.6. The summed E-state index contributed by atoms with van der Waals surface area (Å²) >= 11 is 0. The van der Waals surface area contributed by atoms with Gasteiger partial charge in [-0.1, -0.05) is 293 Å². The fraction of sp³-hybridized carbons (Fsp3) is 1.00. The number of rotatable bonds is 57. The third-order valence-electron chi connectivity index (χ3n) is 14.3. The third-order valence-corrected chi connectivity index (χ3v) is 14.3. The van der Waals surface area contributed by atoms with E-state index in [0.717, 1.165) is 44.6 Å². The van der Waals surface area contributed by atoms with Crippen LogP contribution in [0.2, 0.25) is 0 Å². The van der Waals surface area contributed by atoms with Gasteiger partial charge in [0.2, 0.25) is 0 Å². The van der Waals surface area contributed by atoms with Gasteiger partial charge in [0, 0.05) is 6.61 Å². The maximum absolute atomic E-state index is 6.31. The molecule has 6 nitrogen and oxygen atoms in total. The zero-order valence-electron chi connectivity index (χ0n) is 46.4. The van der Waals surface area contributed by atoms with E-state index in [1.807, 2.05) is 0 Å². The molecule has 0 saturated heterocycles. The summed E-state index contributed by atoms with van der Waals surface area (Å²) < 4.78 is 12.4. The molecule has 0 aliphatic carbocycles. The van der Waals surface area contributed by atoms with Crippen molar-refractivity contribution in [1.82, 2.24) is 0 Å². The number of ether oxygens (including phenoxy) is 2. The Labute approximate surface area is 415 Å². The minimum Gasteiger partial charge on any atom is -0.355 e. The first kappa shape index (κ1) is 65.8. The van der Waals surface area contributed by atoms with Crippen LogP contribution in [0.5, 0.6) is 0 Å². The highest BCUT2D eigenvalue weighted by molar-refractivity contribution is 4.66. The zero-order chi connectivity index (χ0) is 48.2. The minimum absolute atomic E-state index is 0.106. The summed E-state index contributed by atoms with van der Waals surface area (Å²) in [5, 5.41) is 0. The molecule has 0 saturated carbocycles. The topological polar surface area (TPSA) is 55.4 Å². The molecule has 0 spiro atoms. The van der Waals surface area contributed by atoms with E-state index in [1.54, 1.807) is 0 Å². The lowest BCUT2D eigenvalue weighted by Crippen LogP contribution is -2.30. The van der Waals surface area contributed by atoms with Crippen molar-refractivity contribution in [1.29, 1.82) is 0 Å². The van der Waals surface area contributed by atoms with Gasteiger partial charge in [-0.15, -0.1) is 0 Å². The fourth-order valence-corrected chi connectivity index (χ4v) is 9.63. The Morgan fingerprint density at radius 1 is 0.288 bits per heavy atom. The highest BCUT2D eigenvalue weighted by Gasteiger charge is 2.20. The van der Waals surface area contributed by atoms with E-state index in [2.05, 4.69) is 55.4 Å². The highest BCUT2D eigenvalue weighted by atomic mass is 17.2. The second kappa shape index (κ2) is 54.1. The average Bonchev–Trinajstić information content (AvgIpc) is 3.31. The van der Waals surface area contributed by atoms with E-state index in [9.17, 15) is 0 Å². The first-order valence-electron chi connectivity index (χ1n) is 30.2. The predicted octanol–water partition coefficient (Wildman–Crippen LogP) is 20.4. The Morgan fingerprint density at radius 3 is 0.939 bits per heavy atom. The van der Waals surface area contributed by atoms with Gasteiger partial charge in [0.15, 0.2) is 0 Å². The minimum atomic E-state index is -0.328. The van der Waals surface area contributed by atoms with Crippen LogP contribution in [-0.4, -0.2) is 44.9 Å². The Morgan fingerprint density at radius 2 is 0.576 bits per heavy atom. The molecule has 0 radical (unpaired) electrons. The van der Waals surface area contributed by atoms with Crippen LogP contribution in [-0.2, 0) is 29.0 Å². The number of unbranched alkanes of at least 4 members (excludes halogenated alkanes) is 28. The monoisotopic (exact) mass is 939 g/mol. The van der Waals surface area contributed by atoms with Crippen molar-refractivity contribution < 1.29 is 29.0 Å². The van der Waals surface area contributed by atoms with Crippen molar-refractivity contribution >= 4 is 0 Å². The molecule has 0 aromatic rings. The second-order valence-electron chi connectivity index (χ2n) is 21.6. The van der Waals surface area contributed by atoms with E-state index < -0.39 is 0 Å². The Balaban J connectivity index is 5.17. The Bertz CT molecular complexity index is 839. The van der Waals surface area contributed by atoms with Crippen molar-refractivity contribution in [3.05, 3.63) is 0 Å². The SMILES string of the molecule is CCCCCCCCCC(CC(C)CCCCCC)OOCC(COOC(CCCCCCCCC)CC(C)CCCCCC)OCOCCCCCCCCCCC(C)CCCCCC. The third kappa shape index (κ3) is 48.8. The molecule has 6 heteroatoms. The van der Waals surface area contributed by atoms with Gasteiger partial charge < -0.3 is 9.47 Å². The molecule has 0 aromatic carbocycles. The van der Waals surface area contributed by atoms with Crippen molar-refractivity contribution in [3.63, 3.8) is 0 Å². The average molecular weight is 940 g/mol. The molecule has 5 atom stereocenters. The van der Waals surface area contributed by atoms with Crippen molar-refractivity contribution in [2.24, 2.45) is 17.8 Å². The van der Waals surface area contributed by atoms with Crippen molar-refractivity contribution in [2.45, 2.75) is 343 Å². The Kier molecular flexibility index (Phi) is 53.9. The molecule has 0 rings (SSSR count). The lowest BCUT2D eigenvalue weighted by atomic mass is 9.94. The number of hydrogen-bond donors (Lipinski definition) is 0. The Hall–Kier alpha value is -0.240. The maximum atomic E-state index is 6.31. The summed E-state index contributed by atoms with van der Waals surface area (Å²) in [5.74, 6) is 2.16. The molecule has 0 heterocycles. The molecule has 5 unspecified atom stereocenters. The van der Waals surface area contributed by atoms with Crippen LogP contribution in [0.15, 0.2) is 0 Å². The lowest BCUT2D eigenvalue weighted by molar-refractivity contribution is -0.365. The van der Waals surface area contributed by atoms with Gasteiger partial charge in [0.25, 0.3) is 0 Å². The normalized spacial score (nSPS) is 14.7. The largest absolute Gasteiger partial charge is 0.355 e. The molecular formula is C60H122O6. The van der Waals surface area contributed by atoms with Crippen LogP contribution in [0.4, 0.5) is 0 Å². The van der Waals surface area contributed by atoms with Crippen LogP contribution in [0.3, 0.4) is 0 Å². The fourth-order valence-electron chi connectivity index (χ4n) is 9.63. The lowest BCUT2D eigenvalue weighted by Gasteiger charge is -2.24. The molecule has 0 aliphatic rings. The van der Waals surface area contributed by atoms with E-state index in [4.69, 9.17) is 29.0 Å². The van der Waals surface area contributed by atoms with Gasteiger partial charge in [-0.3, -0.25) is 0 Å². The van der Waals surface area contributed by atoms with E-state index in [0.29, 0.717) is 25.0 Å². The van der Waals surface area contributed by atoms with E-state index in [1.165, 1.54) is 238 Å². The summed E-state index contributed by atoms with van der Waals surface area (Å²) in [6, 6.07) is 0. The predicted molar refractivity (Wildman–Crippen MR) is 287 cm³/mol. The van der Waals surface area contributed by atoms with E-state index >= 15 is 0 Å². The van der Waals surface area contributed by atoms with Gasteiger partial charge >= 0.3 is 0 Å².